The Morgan fingerprint density at radius 3 is 2.00 bits per heavy atom. The van der Waals surface area contributed by atoms with Crippen LogP contribution in [-0.4, -0.2) is 21.9 Å². The smallest absolute Gasteiger partial charge is 0.267 e. The lowest BCUT2D eigenvalue weighted by Crippen LogP contribution is -2.14. The highest BCUT2D eigenvalue weighted by Gasteiger charge is 1.99. The molecule has 0 saturated carbocycles. The summed E-state index contributed by atoms with van der Waals surface area (Å²) in [7, 11) is 0. The van der Waals surface area contributed by atoms with Crippen LogP contribution in [0.4, 0.5) is 0 Å². The quantitative estimate of drug-likeness (QED) is 0.384. The Morgan fingerprint density at radius 1 is 0.909 bits per heavy atom. The highest BCUT2D eigenvalue weighted by atomic mass is 16.5. The number of allylic oxidation sites excluding steroid dienone is 1. The van der Waals surface area contributed by atoms with Gasteiger partial charge < -0.3 is 0 Å². The van der Waals surface area contributed by atoms with Crippen LogP contribution in [-0.2, 0) is 4.79 Å². The summed E-state index contributed by atoms with van der Waals surface area (Å²) in [6, 6.07) is 10.6. The predicted octanol–water partition coefficient (Wildman–Crippen LogP) is 2.50. The fraction of sp³-hybridized carbons (Fsp3) is 0. The lowest BCUT2D eigenvalue weighted by molar-refractivity contribution is -0.124. The Labute approximate surface area is 127 Å². The molecular weight excluding hydrogens is 280 g/mol. The number of ketones is 1. The standard InChI is InChI=1S/C17H14N2O3/c20-16(15-9-11-18-12-10-15)7-5-13-1-3-14(4-2-13)6-8-17(21)19-22/h1-12,22H,(H,19,21)/b7-5+,8-6+. The largest absolute Gasteiger partial charge is 0.289 e. The lowest BCUT2D eigenvalue weighted by atomic mass is 10.1. The topological polar surface area (TPSA) is 79.3 Å². The van der Waals surface area contributed by atoms with Gasteiger partial charge in [0, 0.05) is 24.0 Å². The van der Waals surface area contributed by atoms with Gasteiger partial charge >= 0.3 is 0 Å². The van der Waals surface area contributed by atoms with Gasteiger partial charge in [-0.3, -0.25) is 19.8 Å². The van der Waals surface area contributed by atoms with Crippen molar-refractivity contribution in [3.63, 3.8) is 0 Å². The second-order valence-corrected chi connectivity index (χ2v) is 4.41. The summed E-state index contributed by atoms with van der Waals surface area (Å²) in [6.45, 7) is 0. The Bertz CT molecular complexity index is 704. The first-order valence-corrected chi connectivity index (χ1v) is 6.54. The van der Waals surface area contributed by atoms with Crippen LogP contribution in [0.1, 0.15) is 21.5 Å². The molecule has 0 aliphatic rings. The van der Waals surface area contributed by atoms with E-state index < -0.39 is 5.91 Å². The second kappa shape index (κ2) is 7.66. The van der Waals surface area contributed by atoms with E-state index in [1.165, 1.54) is 17.6 Å². The van der Waals surface area contributed by atoms with Gasteiger partial charge in [0.2, 0.25) is 0 Å². The molecular formula is C17H14N2O3. The number of carbonyl (C=O) groups is 2. The van der Waals surface area contributed by atoms with Crippen molar-refractivity contribution >= 4 is 23.8 Å². The first-order valence-electron chi connectivity index (χ1n) is 6.54. The molecule has 5 nitrogen and oxygen atoms in total. The molecule has 0 radical (unpaired) electrons. The minimum Gasteiger partial charge on any atom is -0.289 e. The van der Waals surface area contributed by atoms with Crippen LogP contribution in [0.25, 0.3) is 12.2 Å². The Morgan fingerprint density at radius 2 is 1.45 bits per heavy atom. The third-order valence-electron chi connectivity index (χ3n) is 2.87. The number of carbonyl (C=O) groups excluding carboxylic acids is 2. The van der Waals surface area contributed by atoms with Crippen LogP contribution in [0.2, 0.25) is 0 Å². The number of nitrogens with one attached hydrogen (secondary N) is 1. The van der Waals surface area contributed by atoms with Crippen LogP contribution in [0.5, 0.6) is 0 Å². The summed E-state index contributed by atoms with van der Waals surface area (Å²) >= 11 is 0. The molecule has 1 heterocycles. The van der Waals surface area contributed by atoms with Gasteiger partial charge in [0.15, 0.2) is 5.78 Å². The van der Waals surface area contributed by atoms with E-state index in [9.17, 15) is 9.59 Å². The van der Waals surface area contributed by atoms with Crippen molar-refractivity contribution in [2.24, 2.45) is 0 Å². The van der Waals surface area contributed by atoms with Gasteiger partial charge in [-0.1, -0.05) is 30.3 Å². The highest BCUT2D eigenvalue weighted by molar-refractivity contribution is 6.06. The number of hydrogen-bond acceptors (Lipinski definition) is 4. The molecule has 2 aromatic rings. The van der Waals surface area contributed by atoms with E-state index in [-0.39, 0.29) is 5.78 Å². The maximum absolute atomic E-state index is 11.9. The summed E-state index contributed by atoms with van der Waals surface area (Å²) in [6.07, 6.45) is 9.16. The number of amides is 1. The van der Waals surface area contributed by atoms with Crippen LogP contribution in [0, 0.1) is 0 Å². The number of aromatic nitrogens is 1. The maximum Gasteiger partial charge on any atom is 0.267 e. The Balaban J connectivity index is 2.02. The zero-order valence-electron chi connectivity index (χ0n) is 11.6. The second-order valence-electron chi connectivity index (χ2n) is 4.41. The van der Waals surface area contributed by atoms with Gasteiger partial charge in [0.05, 0.1) is 0 Å². The number of pyridine rings is 1. The molecule has 0 unspecified atom stereocenters. The van der Waals surface area contributed by atoms with Crippen molar-refractivity contribution < 1.29 is 14.8 Å². The third kappa shape index (κ3) is 4.50. The van der Waals surface area contributed by atoms with E-state index in [2.05, 4.69) is 4.98 Å². The average molecular weight is 294 g/mol. The molecule has 0 aliphatic carbocycles. The van der Waals surface area contributed by atoms with Gasteiger partial charge in [0.25, 0.3) is 5.91 Å². The zero-order chi connectivity index (χ0) is 15.8. The number of nitrogens with zero attached hydrogens (tertiary/aromatic N) is 1. The van der Waals surface area contributed by atoms with Crippen LogP contribution in [0.15, 0.2) is 60.9 Å². The summed E-state index contributed by atoms with van der Waals surface area (Å²) < 4.78 is 0. The molecule has 1 amide bonds. The van der Waals surface area contributed by atoms with Gasteiger partial charge in [0.1, 0.15) is 0 Å². The molecule has 0 fully saturated rings. The molecule has 1 aromatic carbocycles. The van der Waals surface area contributed by atoms with Crippen LogP contribution >= 0.6 is 0 Å². The fourth-order valence-corrected chi connectivity index (χ4v) is 1.71. The minimum absolute atomic E-state index is 0.0917. The van der Waals surface area contributed by atoms with E-state index in [0.717, 1.165) is 11.1 Å². The average Bonchev–Trinajstić information content (AvgIpc) is 2.59. The van der Waals surface area contributed by atoms with Crippen molar-refractivity contribution in [3.05, 3.63) is 77.6 Å². The number of benzene rings is 1. The highest BCUT2D eigenvalue weighted by Crippen LogP contribution is 2.09. The number of hydroxylamine groups is 1. The first-order chi connectivity index (χ1) is 10.7. The van der Waals surface area contributed by atoms with Crippen LogP contribution in [0.3, 0.4) is 0 Å². The number of hydrogen-bond donors (Lipinski definition) is 2. The molecule has 0 atom stereocenters. The van der Waals surface area contributed by atoms with Crippen molar-refractivity contribution in [2.75, 3.05) is 0 Å². The molecule has 1 aromatic heterocycles. The first kappa shape index (κ1) is 15.3. The van der Waals surface area contributed by atoms with E-state index in [4.69, 9.17) is 5.21 Å². The van der Waals surface area contributed by atoms with Crippen LogP contribution < -0.4 is 5.48 Å². The molecule has 0 spiro atoms. The summed E-state index contributed by atoms with van der Waals surface area (Å²) in [5.41, 5.74) is 3.77. The lowest BCUT2D eigenvalue weighted by Gasteiger charge is -1.97. The molecule has 0 bridgehead atoms. The van der Waals surface area contributed by atoms with Crippen molar-refractivity contribution in [3.8, 4) is 0 Å². The van der Waals surface area contributed by atoms with Gasteiger partial charge in [-0.2, -0.15) is 0 Å². The SMILES string of the molecule is O=C(/C=C/c1ccc(/C=C/C(=O)c2ccncc2)cc1)NO. The summed E-state index contributed by atoms with van der Waals surface area (Å²) in [4.78, 5) is 26.6. The Kier molecular flexibility index (Phi) is 5.34. The summed E-state index contributed by atoms with van der Waals surface area (Å²) in [5, 5.41) is 8.38. The predicted molar refractivity (Wildman–Crippen MR) is 83.0 cm³/mol. The van der Waals surface area contributed by atoms with E-state index >= 15 is 0 Å². The molecule has 0 aliphatic heterocycles. The molecule has 2 N–H and O–H groups in total. The Hall–Kier alpha value is -3.05. The maximum atomic E-state index is 11.9. The van der Waals surface area contributed by atoms with E-state index in [1.54, 1.807) is 48.8 Å². The third-order valence-corrected chi connectivity index (χ3v) is 2.87. The molecule has 0 saturated heterocycles. The van der Waals surface area contributed by atoms with Gasteiger partial charge in [-0.15, -0.1) is 0 Å². The van der Waals surface area contributed by atoms with Crippen molar-refractivity contribution in [1.29, 1.82) is 0 Å². The van der Waals surface area contributed by atoms with E-state index in [0.29, 0.717) is 5.56 Å². The van der Waals surface area contributed by atoms with Gasteiger partial charge in [-0.05, 0) is 35.4 Å². The monoisotopic (exact) mass is 294 g/mol. The minimum atomic E-state index is -0.591. The van der Waals surface area contributed by atoms with Gasteiger partial charge in [-0.25, -0.2) is 5.48 Å². The molecule has 110 valence electrons. The molecule has 22 heavy (non-hydrogen) atoms. The van der Waals surface area contributed by atoms with Crippen molar-refractivity contribution in [1.82, 2.24) is 10.5 Å². The molecule has 2 rings (SSSR count). The number of rotatable bonds is 5. The summed E-state index contributed by atoms with van der Waals surface area (Å²) in [5.74, 6) is -0.682. The normalized spacial score (nSPS) is 11.0. The zero-order valence-corrected chi connectivity index (χ0v) is 11.6. The van der Waals surface area contributed by atoms with Crippen molar-refractivity contribution in [2.45, 2.75) is 0 Å². The fourth-order valence-electron chi connectivity index (χ4n) is 1.71. The van der Waals surface area contributed by atoms with E-state index in [1.807, 2.05) is 12.1 Å². The molecule has 5 heteroatoms.